The molecular weight excluding hydrogens is 260 g/mol. The van der Waals surface area contributed by atoms with Gasteiger partial charge in [-0.2, -0.15) is 0 Å². The maximum absolute atomic E-state index is 11.9. The monoisotopic (exact) mass is 276 g/mol. The summed E-state index contributed by atoms with van der Waals surface area (Å²) in [6.07, 6.45) is 0. The van der Waals surface area contributed by atoms with E-state index in [0.717, 1.165) is 11.3 Å². The van der Waals surface area contributed by atoms with Crippen LogP contribution in [0.5, 0.6) is 0 Å². The van der Waals surface area contributed by atoms with Crippen molar-refractivity contribution < 1.29 is 13.2 Å². The van der Waals surface area contributed by atoms with Gasteiger partial charge in [-0.25, -0.2) is 13.1 Å². The lowest BCUT2D eigenvalue weighted by Gasteiger charge is -2.19. The van der Waals surface area contributed by atoms with Gasteiger partial charge in [0.25, 0.3) is 5.91 Å². The maximum Gasteiger partial charge on any atom is 0.261 e. The first kappa shape index (κ1) is 14.1. The Morgan fingerprint density at radius 3 is 2.41 bits per heavy atom. The van der Waals surface area contributed by atoms with Crippen molar-refractivity contribution >= 4 is 27.3 Å². The first-order chi connectivity index (χ1) is 7.65. The maximum atomic E-state index is 11.9. The first-order valence-corrected chi connectivity index (χ1v) is 7.36. The van der Waals surface area contributed by atoms with Crippen molar-refractivity contribution in [2.75, 3.05) is 7.05 Å². The molecular formula is C10H16N2O3S2. The van der Waals surface area contributed by atoms with Crippen molar-refractivity contribution in [3.05, 3.63) is 16.3 Å². The molecule has 0 unspecified atom stereocenters. The zero-order valence-corrected chi connectivity index (χ0v) is 11.8. The predicted octanol–water partition coefficient (Wildman–Crippen LogP) is 1.18. The van der Waals surface area contributed by atoms with Crippen LogP contribution in [-0.4, -0.2) is 26.9 Å². The first-order valence-electron chi connectivity index (χ1n) is 5.00. The second-order valence-electron chi connectivity index (χ2n) is 4.58. The summed E-state index contributed by atoms with van der Waals surface area (Å²) < 4.78 is 26.4. The van der Waals surface area contributed by atoms with E-state index in [1.54, 1.807) is 20.8 Å². The molecule has 0 atom stereocenters. The zero-order valence-electron chi connectivity index (χ0n) is 10.2. The van der Waals surface area contributed by atoms with Gasteiger partial charge in [-0.05, 0) is 26.8 Å². The Morgan fingerprint density at radius 1 is 1.35 bits per heavy atom. The van der Waals surface area contributed by atoms with Crippen molar-refractivity contribution in [2.24, 2.45) is 0 Å². The lowest BCUT2D eigenvalue weighted by molar-refractivity contribution is 0.0967. The van der Waals surface area contributed by atoms with Gasteiger partial charge in [0.15, 0.2) is 0 Å². The van der Waals surface area contributed by atoms with Gasteiger partial charge in [0.05, 0.1) is 9.77 Å². The van der Waals surface area contributed by atoms with Gasteiger partial charge in [0.2, 0.25) is 10.0 Å². The lowest BCUT2D eigenvalue weighted by atomic mass is 10.1. The van der Waals surface area contributed by atoms with Crippen molar-refractivity contribution in [3.8, 4) is 0 Å². The molecule has 0 aliphatic carbocycles. The summed E-state index contributed by atoms with van der Waals surface area (Å²) in [7, 11) is -2.05. The highest BCUT2D eigenvalue weighted by atomic mass is 32.2. The number of hydrogen-bond acceptors (Lipinski definition) is 4. The van der Waals surface area contributed by atoms with Crippen LogP contribution in [0.25, 0.3) is 0 Å². The highest BCUT2D eigenvalue weighted by molar-refractivity contribution is 7.89. The molecule has 0 aliphatic rings. The molecule has 5 nitrogen and oxygen atoms in total. The van der Waals surface area contributed by atoms with E-state index >= 15 is 0 Å². The van der Waals surface area contributed by atoms with Crippen molar-refractivity contribution in [3.63, 3.8) is 0 Å². The molecule has 1 aromatic rings. The topological polar surface area (TPSA) is 75.3 Å². The van der Waals surface area contributed by atoms with Gasteiger partial charge in [0, 0.05) is 18.0 Å². The molecule has 0 aliphatic heterocycles. The number of amides is 1. The van der Waals surface area contributed by atoms with E-state index in [9.17, 15) is 13.2 Å². The second kappa shape index (κ2) is 4.75. The average molecular weight is 276 g/mol. The van der Waals surface area contributed by atoms with Crippen LogP contribution in [0.3, 0.4) is 0 Å². The summed E-state index contributed by atoms with van der Waals surface area (Å²) in [6.45, 7) is 5.28. The summed E-state index contributed by atoms with van der Waals surface area (Å²) in [5.41, 5.74) is -0.548. The minimum Gasteiger partial charge on any atom is -0.354 e. The molecule has 7 heteroatoms. The van der Waals surface area contributed by atoms with E-state index in [2.05, 4.69) is 10.0 Å². The van der Waals surface area contributed by atoms with E-state index < -0.39 is 15.6 Å². The summed E-state index contributed by atoms with van der Waals surface area (Å²) in [4.78, 5) is 11.8. The predicted molar refractivity (Wildman–Crippen MR) is 67.8 cm³/mol. The zero-order chi connectivity index (χ0) is 13.3. The fourth-order valence-electron chi connectivity index (χ4n) is 1.16. The van der Waals surface area contributed by atoms with Crippen LogP contribution < -0.4 is 10.0 Å². The molecule has 0 radical (unpaired) electrons. The molecule has 17 heavy (non-hydrogen) atoms. The Kier molecular flexibility index (Phi) is 3.95. The Hall–Kier alpha value is -0.920. The van der Waals surface area contributed by atoms with Gasteiger partial charge < -0.3 is 5.32 Å². The van der Waals surface area contributed by atoms with Crippen LogP contribution in [0.4, 0.5) is 0 Å². The smallest absolute Gasteiger partial charge is 0.261 e. The summed E-state index contributed by atoms with van der Waals surface area (Å²) in [6, 6.07) is 1.37. The van der Waals surface area contributed by atoms with Crippen molar-refractivity contribution in [1.82, 2.24) is 10.0 Å². The van der Waals surface area contributed by atoms with Crippen LogP contribution in [-0.2, 0) is 10.0 Å². The van der Waals surface area contributed by atoms with E-state index in [4.69, 9.17) is 0 Å². The fraction of sp³-hybridized carbons (Fsp3) is 0.500. The number of rotatable bonds is 3. The number of carbonyl (C=O) groups is 1. The number of nitrogens with one attached hydrogen (secondary N) is 2. The van der Waals surface area contributed by atoms with Gasteiger partial charge in [0.1, 0.15) is 0 Å². The highest BCUT2D eigenvalue weighted by Crippen LogP contribution is 2.20. The van der Waals surface area contributed by atoms with Crippen molar-refractivity contribution in [2.45, 2.75) is 31.2 Å². The minimum absolute atomic E-state index is 0.121. The molecule has 0 saturated carbocycles. The molecule has 1 heterocycles. The number of sulfonamides is 1. The molecule has 1 amide bonds. The largest absolute Gasteiger partial charge is 0.354 e. The van der Waals surface area contributed by atoms with E-state index in [0.29, 0.717) is 4.88 Å². The fourth-order valence-corrected chi connectivity index (χ4v) is 3.80. The normalized spacial score (nSPS) is 12.5. The second-order valence-corrected chi connectivity index (χ2v) is 7.17. The third-order valence-electron chi connectivity index (χ3n) is 1.78. The quantitative estimate of drug-likeness (QED) is 0.870. The summed E-state index contributed by atoms with van der Waals surface area (Å²) in [5, 5.41) is 3.91. The minimum atomic E-state index is -3.56. The Morgan fingerprint density at radius 2 is 1.94 bits per heavy atom. The van der Waals surface area contributed by atoms with Gasteiger partial charge in [-0.15, -0.1) is 11.3 Å². The highest BCUT2D eigenvalue weighted by Gasteiger charge is 2.23. The molecule has 1 aromatic heterocycles. The molecule has 1 rings (SSSR count). The average Bonchev–Trinajstić information content (AvgIpc) is 2.62. The van der Waals surface area contributed by atoms with Crippen LogP contribution in [0, 0.1) is 0 Å². The van der Waals surface area contributed by atoms with Crippen LogP contribution in [0.2, 0.25) is 0 Å². The molecule has 2 N–H and O–H groups in total. The number of hydrogen-bond donors (Lipinski definition) is 2. The molecule has 0 spiro atoms. The van der Waals surface area contributed by atoms with Gasteiger partial charge in [-0.3, -0.25) is 4.79 Å². The Labute approximate surface area is 105 Å². The van der Waals surface area contributed by atoms with Crippen LogP contribution in [0.1, 0.15) is 30.4 Å². The van der Waals surface area contributed by atoms with E-state index in [-0.39, 0.29) is 10.8 Å². The lowest BCUT2D eigenvalue weighted by Crippen LogP contribution is -2.40. The van der Waals surface area contributed by atoms with Gasteiger partial charge in [-0.1, -0.05) is 0 Å². The van der Waals surface area contributed by atoms with Crippen LogP contribution in [0.15, 0.2) is 16.3 Å². The third kappa shape index (κ3) is 3.79. The molecule has 0 aromatic carbocycles. The molecule has 0 bridgehead atoms. The van der Waals surface area contributed by atoms with E-state index in [1.165, 1.54) is 18.5 Å². The third-order valence-corrected chi connectivity index (χ3v) is 4.59. The Balaban J connectivity index is 3.01. The molecule has 0 saturated heterocycles. The molecule has 96 valence electrons. The Bertz CT molecular complexity index is 512. The van der Waals surface area contributed by atoms with Crippen molar-refractivity contribution in [1.29, 1.82) is 0 Å². The number of carbonyl (C=O) groups excluding carboxylic acids is 1. The number of thiophene rings is 1. The van der Waals surface area contributed by atoms with E-state index in [1.807, 2.05) is 0 Å². The van der Waals surface area contributed by atoms with Gasteiger partial charge >= 0.3 is 0 Å². The summed E-state index contributed by atoms with van der Waals surface area (Å²) >= 11 is 1.10. The standard InChI is InChI=1S/C10H16N2O3S2/c1-10(2,3)12-17(14,15)7-5-8(16-6-7)9(13)11-4/h5-6,12H,1-4H3,(H,11,13). The molecule has 0 fully saturated rings. The summed E-state index contributed by atoms with van der Waals surface area (Å²) in [5.74, 6) is -0.285. The SMILES string of the molecule is CNC(=O)c1cc(S(=O)(=O)NC(C)(C)C)cs1. The van der Waals surface area contributed by atoms with Crippen LogP contribution >= 0.6 is 11.3 Å².